The number of rotatable bonds is 5. The number of aromatic nitrogens is 5. The van der Waals surface area contributed by atoms with Crippen LogP contribution in [0.5, 0.6) is 0 Å². The van der Waals surface area contributed by atoms with Gasteiger partial charge in [0.2, 0.25) is 0 Å². The van der Waals surface area contributed by atoms with Crippen LogP contribution in [0, 0.1) is 0 Å². The van der Waals surface area contributed by atoms with E-state index in [4.69, 9.17) is 4.98 Å². The molecule has 8 heteroatoms. The summed E-state index contributed by atoms with van der Waals surface area (Å²) in [7, 11) is 1.89. The van der Waals surface area contributed by atoms with Crippen molar-refractivity contribution < 1.29 is 4.79 Å². The van der Waals surface area contributed by atoms with Crippen molar-refractivity contribution in [2.24, 2.45) is 7.05 Å². The van der Waals surface area contributed by atoms with Gasteiger partial charge in [0, 0.05) is 36.5 Å². The summed E-state index contributed by atoms with van der Waals surface area (Å²) in [5.41, 5.74) is 7.85. The maximum Gasteiger partial charge on any atom is 0.251 e. The molecule has 2 aromatic carbocycles. The maximum atomic E-state index is 12.1. The van der Waals surface area contributed by atoms with Gasteiger partial charge < -0.3 is 10.3 Å². The highest BCUT2D eigenvalue weighted by atomic mass is 32.1. The van der Waals surface area contributed by atoms with E-state index < -0.39 is 0 Å². The largest absolute Gasteiger partial charge is 0.352 e. The second-order valence-corrected chi connectivity index (χ2v) is 8.04. The summed E-state index contributed by atoms with van der Waals surface area (Å²) in [4.78, 5) is 24.8. The van der Waals surface area contributed by atoms with Gasteiger partial charge in [0.1, 0.15) is 17.2 Å². The van der Waals surface area contributed by atoms with Crippen LogP contribution in [-0.2, 0) is 7.05 Å². The first kappa shape index (κ1) is 19.2. The average Bonchev–Trinajstić information content (AvgIpc) is 3.52. The summed E-state index contributed by atoms with van der Waals surface area (Å²) in [6.07, 6.45) is 1.90. The minimum absolute atomic E-state index is 0.0822. The van der Waals surface area contributed by atoms with Crippen LogP contribution < -0.4 is 5.32 Å². The normalized spacial score (nSPS) is 11.2. The molecule has 7 nitrogen and oxygen atoms in total. The minimum Gasteiger partial charge on any atom is -0.352 e. The monoisotopic (exact) mass is 428 g/mol. The third-order valence-electron chi connectivity index (χ3n) is 5.04. The Labute approximate surface area is 182 Å². The first-order valence-corrected chi connectivity index (χ1v) is 10.8. The topological polar surface area (TPSA) is 88.5 Å². The standard InChI is InChI=1S/C23H20N6OS/c1-3-24-23(30)15-6-4-14(5-7-15)22-26-20(21(27-22)18-10-11-29(2)28-18)16-8-9-17-19(12-16)31-13-25-17/h4-13H,3H2,1-2H3,(H,24,30)(H,26,27). The molecule has 154 valence electrons. The van der Waals surface area contributed by atoms with Crippen molar-refractivity contribution in [2.45, 2.75) is 6.92 Å². The number of benzene rings is 2. The number of amides is 1. The summed E-state index contributed by atoms with van der Waals surface area (Å²) in [5.74, 6) is 0.642. The first-order valence-electron chi connectivity index (χ1n) is 9.94. The summed E-state index contributed by atoms with van der Waals surface area (Å²) >= 11 is 1.61. The van der Waals surface area contributed by atoms with Gasteiger partial charge in [-0.2, -0.15) is 5.10 Å². The van der Waals surface area contributed by atoms with Crippen LogP contribution in [0.2, 0.25) is 0 Å². The quantitative estimate of drug-likeness (QED) is 0.431. The van der Waals surface area contributed by atoms with Crippen LogP contribution in [0.25, 0.3) is 44.2 Å². The Morgan fingerprint density at radius 2 is 1.94 bits per heavy atom. The lowest BCUT2D eigenvalue weighted by molar-refractivity contribution is 0.0956. The Kier molecular flexibility index (Phi) is 4.83. The van der Waals surface area contributed by atoms with Crippen LogP contribution in [0.3, 0.4) is 0 Å². The van der Waals surface area contributed by atoms with Crippen molar-refractivity contribution in [1.29, 1.82) is 0 Å². The number of hydrogen-bond donors (Lipinski definition) is 2. The van der Waals surface area contributed by atoms with Gasteiger partial charge in [-0.25, -0.2) is 9.97 Å². The van der Waals surface area contributed by atoms with Crippen LogP contribution >= 0.6 is 11.3 Å². The number of carbonyl (C=O) groups excluding carboxylic acids is 1. The van der Waals surface area contributed by atoms with E-state index in [0.717, 1.165) is 44.2 Å². The zero-order valence-electron chi connectivity index (χ0n) is 17.1. The van der Waals surface area contributed by atoms with E-state index in [0.29, 0.717) is 12.1 Å². The molecule has 3 aromatic heterocycles. The SMILES string of the molecule is CCNC(=O)c1ccc(-c2nc(-c3ccn(C)n3)c(-c3ccc4ncsc4c3)[nH]2)cc1. The van der Waals surface area contributed by atoms with Crippen molar-refractivity contribution in [3.05, 3.63) is 65.8 Å². The van der Waals surface area contributed by atoms with Gasteiger partial charge in [-0.05, 0) is 37.3 Å². The maximum absolute atomic E-state index is 12.1. The van der Waals surface area contributed by atoms with Gasteiger partial charge in [0.25, 0.3) is 5.91 Å². The Morgan fingerprint density at radius 1 is 1.13 bits per heavy atom. The van der Waals surface area contributed by atoms with Gasteiger partial charge >= 0.3 is 0 Å². The van der Waals surface area contributed by atoms with E-state index in [9.17, 15) is 4.79 Å². The third kappa shape index (κ3) is 3.62. The highest BCUT2D eigenvalue weighted by molar-refractivity contribution is 7.16. The average molecular weight is 429 g/mol. The number of thiazole rings is 1. The highest BCUT2D eigenvalue weighted by Gasteiger charge is 2.18. The van der Waals surface area contributed by atoms with Crippen molar-refractivity contribution >= 4 is 27.5 Å². The smallest absolute Gasteiger partial charge is 0.251 e. The lowest BCUT2D eigenvalue weighted by atomic mass is 10.1. The molecule has 0 bridgehead atoms. The van der Waals surface area contributed by atoms with Crippen molar-refractivity contribution in [2.75, 3.05) is 6.54 Å². The fraction of sp³-hybridized carbons (Fsp3) is 0.130. The third-order valence-corrected chi connectivity index (χ3v) is 5.83. The lowest BCUT2D eigenvalue weighted by Gasteiger charge is -2.03. The number of carbonyl (C=O) groups is 1. The predicted octanol–water partition coefficient (Wildman–Crippen LogP) is 4.50. The van der Waals surface area contributed by atoms with E-state index >= 15 is 0 Å². The van der Waals surface area contributed by atoms with E-state index in [1.165, 1.54) is 0 Å². The highest BCUT2D eigenvalue weighted by Crippen LogP contribution is 2.34. The van der Waals surface area contributed by atoms with Gasteiger partial charge in [-0.15, -0.1) is 11.3 Å². The number of aromatic amines is 1. The molecule has 0 spiro atoms. The molecule has 0 saturated heterocycles. The number of aryl methyl sites for hydroxylation is 1. The van der Waals surface area contributed by atoms with Crippen LogP contribution in [0.4, 0.5) is 0 Å². The molecular formula is C23H20N6OS. The molecule has 3 heterocycles. The second-order valence-electron chi connectivity index (χ2n) is 7.16. The zero-order valence-corrected chi connectivity index (χ0v) is 17.9. The van der Waals surface area contributed by atoms with Crippen molar-refractivity contribution in [3.63, 3.8) is 0 Å². The fourth-order valence-electron chi connectivity index (χ4n) is 3.50. The Hall–Kier alpha value is -3.78. The number of hydrogen-bond acceptors (Lipinski definition) is 5. The fourth-order valence-corrected chi connectivity index (χ4v) is 4.21. The summed E-state index contributed by atoms with van der Waals surface area (Å²) in [6, 6.07) is 15.6. The molecule has 0 aliphatic rings. The van der Waals surface area contributed by atoms with E-state index in [1.54, 1.807) is 16.0 Å². The molecule has 0 aliphatic heterocycles. The molecule has 0 saturated carbocycles. The van der Waals surface area contributed by atoms with Crippen LogP contribution in [0.1, 0.15) is 17.3 Å². The number of nitrogens with zero attached hydrogens (tertiary/aromatic N) is 4. The molecule has 0 radical (unpaired) electrons. The first-order chi connectivity index (χ1) is 15.1. The van der Waals surface area contributed by atoms with Crippen LogP contribution in [-0.4, -0.2) is 37.2 Å². The van der Waals surface area contributed by atoms with Gasteiger partial charge in [0.15, 0.2) is 0 Å². The molecule has 0 unspecified atom stereocenters. The minimum atomic E-state index is -0.0822. The predicted molar refractivity (Wildman–Crippen MR) is 123 cm³/mol. The van der Waals surface area contributed by atoms with E-state index in [1.807, 2.05) is 68.1 Å². The van der Waals surface area contributed by atoms with Gasteiger partial charge in [-0.1, -0.05) is 18.2 Å². The van der Waals surface area contributed by atoms with Gasteiger partial charge in [0.05, 0.1) is 21.4 Å². The zero-order chi connectivity index (χ0) is 21.4. The molecule has 5 aromatic rings. The molecule has 5 rings (SSSR count). The molecular weight excluding hydrogens is 408 g/mol. The summed E-state index contributed by atoms with van der Waals surface area (Å²) in [5, 5.41) is 7.37. The molecule has 0 atom stereocenters. The number of imidazole rings is 1. The Morgan fingerprint density at radius 3 is 2.68 bits per heavy atom. The van der Waals surface area contributed by atoms with E-state index in [2.05, 4.69) is 26.4 Å². The summed E-state index contributed by atoms with van der Waals surface area (Å²) < 4.78 is 2.88. The lowest BCUT2D eigenvalue weighted by Crippen LogP contribution is -2.22. The number of H-pyrrole nitrogens is 1. The summed E-state index contributed by atoms with van der Waals surface area (Å²) in [6.45, 7) is 2.50. The Bertz CT molecular complexity index is 1380. The molecule has 1 amide bonds. The van der Waals surface area contributed by atoms with Crippen molar-refractivity contribution in [3.8, 4) is 34.0 Å². The molecule has 2 N–H and O–H groups in total. The van der Waals surface area contributed by atoms with Crippen molar-refractivity contribution in [1.82, 2.24) is 30.0 Å². The Balaban J connectivity index is 1.60. The van der Waals surface area contributed by atoms with E-state index in [-0.39, 0.29) is 5.91 Å². The second kappa shape index (κ2) is 7.81. The van der Waals surface area contributed by atoms with Gasteiger partial charge in [-0.3, -0.25) is 9.48 Å². The molecule has 0 fully saturated rings. The number of fused-ring (bicyclic) bond motifs is 1. The molecule has 31 heavy (non-hydrogen) atoms. The number of nitrogens with one attached hydrogen (secondary N) is 2. The molecule has 0 aliphatic carbocycles. The van der Waals surface area contributed by atoms with Crippen LogP contribution in [0.15, 0.2) is 60.2 Å².